The summed E-state index contributed by atoms with van der Waals surface area (Å²) in [5, 5.41) is 4.68. The lowest BCUT2D eigenvalue weighted by molar-refractivity contribution is -0.161. The van der Waals surface area contributed by atoms with E-state index in [0.29, 0.717) is 26.1 Å². The minimum atomic E-state index is -4.45. The van der Waals surface area contributed by atoms with Gasteiger partial charge in [-0.25, -0.2) is 0 Å². The van der Waals surface area contributed by atoms with Crippen molar-refractivity contribution in [3.8, 4) is 0 Å². The van der Waals surface area contributed by atoms with Gasteiger partial charge in [0.15, 0.2) is 0 Å². The van der Waals surface area contributed by atoms with Gasteiger partial charge in [0.1, 0.15) is 11.6 Å². The number of carbonyl (C=O) groups excluding carboxylic acids is 1. The maximum absolute atomic E-state index is 12.5. The highest BCUT2D eigenvalue weighted by molar-refractivity contribution is 7.80. The van der Waals surface area contributed by atoms with Crippen LogP contribution in [0.1, 0.15) is 26.7 Å². The molecule has 0 aliphatic carbocycles. The molecule has 8 heteroatoms. The molecule has 1 amide bonds. The van der Waals surface area contributed by atoms with Gasteiger partial charge >= 0.3 is 6.18 Å². The lowest BCUT2D eigenvalue weighted by Crippen LogP contribution is -2.63. The number of halogens is 3. The highest BCUT2D eigenvalue weighted by atomic mass is 32.1. The van der Waals surface area contributed by atoms with Crippen molar-refractivity contribution in [3.63, 3.8) is 0 Å². The van der Waals surface area contributed by atoms with E-state index in [9.17, 15) is 18.0 Å². The SMILES string of the molecule is CC(S)NC1(C(=O)NC(C)C(F)(F)F)CCOCC1. The van der Waals surface area contributed by atoms with Gasteiger partial charge in [0.05, 0.1) is 0 Å². The Kier molecular flexibility index (Phi) is 5.52. The lowest BCUT2D eigenvalue weighted by atomic mass is 9.88. The second-order valence-electron chi connectivity index (χ2n) is 4.75. The fourth-order valence-electron chi connectivity index (χ4n) is 1.97. The number of nitrogens with one attached hydrogen (secondary N) is 2. The zero-order valence-corrected chi connectivity index (χ0v) is 11.8. The maximum Gasteiger partial charge on any atom is 0.408 e. The standard InChI is InChI=1S/C11H19F3N2O2S/c1-7(11(12,13)14)15-9(17)10(16-8(2)19)3-5-18-6-4-10/h7-8,16,19H,3-6H2,1-2H3,(H,15,17). The lowest BCUT2D eigenvalue weighted by Gasteiger charge is -2.38. The molecule has 0 spiro atoms. The van der Waals surface area contributed by atoms with Crippen LogP contribution >= 0.6 is 12.6 Å². The van der Waals surface area contributed by atoms with E-state index in [2.05, 4.69) is 17.9 Å². The number of carbonyl (C=O) groups is 1. The van der Waals surface area contributed by atoms with Crippen molar-refractivity contribution in [2.45, 2.75) is 49.8 Å². The van der Waals surface area contributed by atoms with Gasteiger partial charge in [-0.1, -0.05) is 0 Å². The smallest absolute Gasteiger partial charge is 0.381 e. The molecule has 0 aromatic heterocycles. The summed E-state index contributed by atoms with van der Waals surface area (Å²) < 4.78 is 42.6. The van der Waals surface area contributed by atoms with Crippen molar-refractivity contribution in [1.29, 1.82) is 0 Å². The highest BCUT2D eigenvalue weighted by Crippen LogP contribution is 2.25. The van der Waals surface area contributed by atoms with Crippen LogP contribution in [0.25, 0.3) is 0 Å². The number of amides is 1. The molecule has 1 rings (SSSR count). The van der Waals surface area contributed by atoms with Gasteiger partial charge in [-0.15, -0.1) is 0 Å². The summed E-state index contributed by atoms with van der Waals surface area (Å²) in [4.78, 5) is 12.1. The molecule has 1 aliphatic rings. The van der Waals surface area contributed by atoms with Crippen molar-refractivity contribution >= 4 is 18.5 Å². The summed E-state index contributed by atoms with van der Waals surface area (Å²) in [5.41, 5.74) is -1.04. The van der Waals surface area contributed by atoms with Gasteiger partial charge in [-0.3, -0.25) is 10.1 Å². The van der Waals surface area contributed by atoms with E-state index < -0.39 is 23.7 Å². The first-order valence-corrected chi connectivity index (χ1v) is 6.60. The number of hydrogen-bond donors (Lipinski definition) is 3. The largest absolute Gasteiger partial charge is 0.408 e. The fourth-order valence-corrected chi connectivity index (χ4v) is 2.22. The molecular weight excluding hydrogens is 281 g/mol. The Labute approximate surface area is 115 Å². The van der Waals surface area contributed by atoms with E-state index in [1.165, 1.54) is 0 Å². The van der Waals surface area contributed by atoms with E-state index in [0.717, 1.165) is 6.92 Å². The van der Waals surface area contributed by atoms with Crippen LogP contribution < -0.4 is 10.6 Å². The van der Waals surface area contributed by atoms with Crippen LogP contribution in [-0.4, -0.2) is 42.3 Å². The fraction of sp³-hybridized carbons (Fsp3) is 0.909. The Morgan fingerprint density at radius 2 is 1.84 bits per heavy atom. The molecule has 1 saturated heterocycles. The van der Waals surface area contributed by atoms with Crippen molar-refractivity contribution in [1.82, 2.24) is 10.6 Å². The third-order valence-corrected chi connectivity index (χ3v) is 3.23. The zero-order valence-electron chi connectivity index (χ0n) is 10.9. The third-order valence-electron chi connectivity index (χ3n) is 3.10. The molecule has 112 valence electrons. The molecule has 0 bridgehead atoms. The second kappa shape index (κ2) is 6.32. The Balaban J connectivity index is 2.77. The molecule has 4 nitrogen and oxygen atoms in total. The van der Waals surface area contributed by atoms with E-state index in [-0.39, 0.29) is 5.37 Å². The van der Waals surface area contributed by atoms with Gasteiger partial charge in [0.25, 0.3) is 0 Å². The monoisotopic (exact) mass is 300 g/mol. The number of rotatable bonds is 4. The van der Waals surface area contributed by atoms with Crippen LogP contribution in [0.15, 0.2) is 0 Å². The molecule has 0 aromatic rings. The van der Waals surface area contributed by atoms with E-state index in [1.54, 1.807) is 6.92 Å². The predicted octanol–water partition coefficient (Wildman–Crippen LogP) is 1.47. The molecule has 0 saturated carbocycles. The van der Waals surface area contributed by atoms with E-state index in [4.69, 9.17) is 4.74 Å². The second-order valence-corrected chi connectivity index (χ2v) is 5.53. The van der Waals surface area contributed by atoms with Crippen molar-refractivity contribution in [2.24, 2.45) is 0 Å². The van der Waals surface area contributed by atoms with Crippen molar-refractivity contribution in [2.75, 3.05) is 13.2 Å². The van der Waals surface area contributed by atoms with Gasteiger partial charge in [0.2, 0.25) is 5.91 Å². The van der Waals surface area contributed by atoms with Gasteiger partial charge in [0, 0.05) is 18.6 Å². The maximum atomic E-state index is 12.5. The zero-order chi connectivity index (χ0) is 14.7. The van der Waals surface area contributed by atoms with Gasteiger partial charge in [-0.2, -0.15) is 25.8 Å². The minimum Gasteiger partial charge on any atom is -0.381 e. The average molecular weight is 300 g/mol. The molecule has 19 heavy (non-hydrogen) atoms. The van der Waals surface area contributed by atoms with Crippen LogP contribution in [0.2, 0.25) is 0 Å². The van der Waals surface area contributed by atoms with Crippen LogP contribution in [0, 0.1) is 0 Å². The predicted molar refractivity (Wildman–Crippen MR) is 68.0 cm³/mol. The molecule has 0 radical (unpaired) electrons. The topological polar surface area (TPSA) is 50.4 Å². The number of thiol groups is 1. The van der Waals surface area contributed by atoms with Crippen molar-refractivity contribution in [3.05, 3.63) is 0 Å². The summed E-state index contributed by atoms with van der Waals surface area (Å²) in [5.74, 6) is -0.651. The van der Waals surface area contributed by atoms with E-state index >= 15 is 0 Å². The van der Waals surface area contributed by atoms with Crippen LogP contribution in [0.4, 0.5) is 13.2 Å². The number of ether oxygens (including phenoxy) is 1. The summed E-state index contributed by atoms with van der Waals surface area (Å²) >= 11 is 4.15. The normalized spacial score (nSPS) is 22.6. The molecule has 2 unspecified atom stereocenters. The van der Waals surface area contributed by atoms with Crippen LogP contribution in [0.3, 0.4) is 0 Å². The molecule has 1 fully saturated rings. The summed E-state index contributed by atoms with van der Waals surface area (Å²) in [7, 11) is 0. The van der Waals surface area contributed by atoms with Gasteiger partial charge in [-0.05, 0) is 26.7 Å². The molecule has 0 aromatic carbocycles. The Morgan fingerprint density at radius 3 is 2.26 bits per heavy atom. The first-order valence-electron chi connectivity index (χ1n) is 6.08. The van der Waals surface area contributed by atoms with Crippen molar-refractivity contribution < 1.29 is 22.7 Å². The Hall–Kier alpha value is -0.470. The molecule has 2 N–H and O–H groups in total. The summed E-state index contributed by atoms with van der Waals surface area (Å²) in [6.07, 6.45) is -3.79. The molecular formula is C11H19F3N2O2S. The molecule has 2 atom stereocenters. The number of hydrogen-bond acceptors (Lipinski definition) is 4. The van der Waals surface area contributed by atoms with Crippen LogP contribution in [-0.2, 0) is 9.53 Å². The number of alkyl halides is 3. The molecule has 1 aliphatic heterocycles. The average Bonchev–Trinajstić information content (AvgIpc) is 2.27. The quantitative estimate of drug-likeness (QED) is 0.544. The first kappa shape index (κ1) is 16.6. The van der Waals surface area contributed by atoms with Gasteiger partial charge < -0.3 is 10.1 Å². The van der Waals surface area contributed by atoms with E-state index in [1.807, 2.05) is 5.32 Å². The third kappa shape index (κ3) is 4.54. The highest BCUT2D eigenvalue weighted by Gasteiger charge is 2.44. The summed E-state index contributed by atoms with van der Waals surface area (Å²) in [6, 6.07) is -1.88. The summed E-state index contributed by atoms with van der Waals surface area (Å²) in [6.45, 7) is 3.32. The minimum absolute atomic E-state index is 0.301. The first-order chi connectivity index (χ1) is 8.67. The molecule has 1 heterocycles. The Morgan fingerprint density at radius 1 is 1.32 bits per heavy atom. The van der Waals surface area contributed by atoms with Crippen LogP contribution in [0.5, 0.6) is 0 Å². The Bertz CT molecular complexity index is 318.